The van der Waals surface area contributed by atoms with Crippen LogP contribution in [0.15, 0.2) is 84.9 Å². The summed E-state index contributed by atoms with van der Waals surface area (Å²) >= 11 is 5.83. The molecule has 2 heterocycles. The molecule has 0 bridgehead atoms. The Labute approximate surface area is 256 Å². The highest BCUT2D eigenvalue weighted by Crippen LogP contribution is 2.41. The number of carbonyl (C=O) groups is 4. The van der Waals surface area contributed by atoms with Crippen LogP contribution in [0.3, 0.4) is 0 Å². The van der Waals surface area contributed by atoms with E-state index in [0.717, 1.165) is 6.07 Å². The number of esters is 1. The molecule has 4 aromatic rings. The maximum absolute atomic E-state index is 13.2. The molecule has 1 fully saturated rings. The number of hydrogen-bond donors (Lipinski definition) is 0. The first-order chi connectivity index (χ1) is 21.1. The Balaban J connectivity index is 1.25. The SMILES string of the molecule is CC1C=CCC2C(=O)N(c3ccc(-c4cc(C(=O)OCC(=O)c5ccc(Cl)c([N+](=O)[O-])c5)c5ccccc5n4)cc3)C(=O)C12. The molecule has 6 rings (SSSR count). The predicted octanol–water partition coefficient (Wildman–Crippen LogP) is 6.20. The van der Waals surface area contributed by atoms with Crippen molar-refractivity contribution in [2.75, 3.05) is 11.5 Å². The fourth-order valence-corrected chi connectivity index (χ4v) is 5.98. The lowest BCUT2D eigenvalue weighted by Gasteiger charge is -2.22. The molecule has 0 N–H and O–H groups in total. The lowest BCUT2D eigenvalue weighted by molar-refractivity contribution is -0.384. The van der Waals surface area contributed by atoms with E-state index in [1.807, 2.05) is 19.1 Å². The second-order valence-corrected chi connectivity index (χ2v) is 11.1. The predicted molar refractivity (Wildman–Crippen MR) is 162 cm³/mol. The number of anilines is 1. The van der Waals surface area contributed by atoms with E-state index in [2.05, 4.69) is 4.98 Å². The largest absolute Gasteiger partial charge is 0.454 e. The average molecular weight is 610 g/mol. The van der Waals surface area contributed by atoms with Crippen LogP contribution in [0.4, 0.5) is 11.4 Å². The Morgan fingerprint density at radius 1 is 1.05 bits per heavy atom. The minimum absolute atomic E-state index is 0.0190. The number of fused-ring (bicyclic) bond motifs is 2. The number of pyridine rings is 1. The molecule has 3 aromatic carbocycles. The molecular weight excluding hydrogens is 586 g/mol. The number of benzene rings is 3. The average Bonchev–Trinajstić information content (AvgIpc) is 3.29. The molecule has 1 aliphatic heterocycles. The molecule has 3 atom stereocenters. The van der Waals surface area contributed by atoms with Gasteiger partial charge in [0.05, 0.1) is 39.2 Å². The summed E-state index contributed by atoms with van der Waals surface area (Å²) in [6.45, 7) is 1.30. The van der Waals surface area contributed by atoms with E-state index in [0.29, 0.717) is 34.3 Å². The highest BCUT2D eigenvalue weighted by Gasteiger charge is 2.50. The first kappa shape index (κ1) is 28.9. The second kappa shape index (κ2) is 11.5. The van der Waals surface area contributed by atoms with E-state index < -0.39 is 29.0 Å². The van der Waals surface area contributed by atoms with Crippen molar-refractivity contribution in [1.82, 2.24) is 4.98 Å². The lowest BCUT2D eigenvalue weighted by atomic mass is 9.78. The summed E-state index contributed by atoms with van der Waals surface area (Å²) in [7, 11) is 0. The minimum Gasteiger partial charge on any atom is -0.454 e. The first-order valence-corrected chi connectivity index (χ1v) is 14.2. The van der Waals surface area contributed by atoms with Gasteiger partial charge in [0.15, 0.2) is 6.61 Å². The molecule has 44 heavy (non-hydrogen) atoms. The molecule has 220 valence electrons. The van der Waals surface area contributed by atoms with Gasteiger partial charge in [-0.3, -0.25) is 29.4 Å². The summed E-state index contributed by atoms with van der Waals surface area (Å²) in [5.74, 6) is -2.58. The molecule has 0 spiro atoms. The summed E-state index contributed by atoms with van der Waals surface area (Å²) in [6, 6.07) is 18.9. The van der Waals surface area contributed by atoms with Crippen LogP contribution in [-0.2, 0) is 14.3 Å². The number of nitro groups is 1. The Bertz CT molecular complexity index is 1900. The maximum Gasteiger partial charge on any atom is 0.339 e. The summed E-state index contributed by atoms with van der Waals surface area (Å²) in [5, 5.41) is 11.6. The molecule has 10 nitrogen and oxygen atoms in total. The number of halogens is 1. The van der Waals surface area contributed by atoms with Crippen LogP contribution in [0.1, 0.15) is 34.1 Å². The van der Waals surface area contributed by atoms with Crippen molar-refractivity contribution in [3.05, 3.63) is 111 Å². The number of para-hydroxylation sites is 1. The van der Waals surface area contributed by atoms with Gasteiger partial charge in [0.2, 0.25) is 17.6 Å². The Hall–Kier alpha value is -5.22. The zero-order chi connectivity index (χ0) is 31.1. The van der Waals surface area contributed by atoms with E-state index in [1.54, 1.807) is 54.6 Å². The van der Waals surface area contributed by atoms with Gasteiger partial charge >= 0.3 is 5.97 Å². The number of carbonyl (C=O) groups excluding carboxylic acids is 4. The van der Waals surface area contributed by atoms with Crippen molar-refractivity contribution in [3.8, 4) is 11.3 Å². The van der Waals surface area contributed by atoms with Crippen molar-refractivity contribution in [2.45, 2.75) is 13.3 Å². The number of ether oxygens (including phenoxy) is 1. The monoisotopic (exact) mass is 609 g/mol. The molecular formula is C33H24ClN3O7. The van der Waals surface area contributed by atoms with Gasteiger partial charge < -0.3 is 4.74 Å². The number of Topliss-reactive ketones (excluding diaryl/α,β-unsaturated/α-hetero) is 1. The second-order valence-electron chi connectivity index (χ2n) is 10.7. The Morgan fingerprint density at radius 3 is 2.52 bits per heavy atom. The fraction of sp³-hybridized carbons (Fsp3) is 0.182. The number of ketones is 1. The summed E-state index contributed by atoms with van der Waals surface area (Å²) in [6.07, 6.45) is 4.48. The van der Waals surface area contributed by atoms with Crippen LogP contribution >= 0.6 is 11.6 Å². The standard InChI is InChI=1S/C33H24ClN3O7/c1-18-5-4-7-23-30(18)32(40)36(31(23)39)21-12-9-19(10-13-21)27-16-24(22-6-2-3-8-26(22)35-27)33(41)44-17-29(38)20-11-14-25(34)28(15-20)37(42)43/h2-6,8-16,18,23,30H,7,17H2,1H3. The van der Waals surface area contributed by atoms with Crippen LogP contribution in [0.2, 0.25) is 5.02 Å². The number of aromatic nitrogens is 1. The zero-order valence-corrected chi connectivity index (χ0v) is 24.1. The fourth-order valence-electron chi connectivity index (χ4n) is 5.79. The van der Waals surface area contributed by atoms with Gasteiger partial charge in [0, 0.05) is 22.6 Å². The molecule has 2 aliphatic rings. The smallest absolute Gasteiger partial charge is 0.339 e. The van der Waals surface area contributed by atoms with Gasteiger partial charge in [-0.2, -0.15) is 0 Å². The van der Waals surface area contributed by atoms with Crippen molar-refractivity contribution in [2.24, 2.45) is 17.8 Å². The molecule has 1 aromatic heterocycles. The number of nitrogens with zero attached hydrogens (tertiary/aromatic N) is 3. The lowest BCUT2D eigenvalue weighted by Crippen LogP contribution is -2.31. The van der Waals surface area contributed by atoms with Crippen molar-refractivity contribution in [3.63, 3.8) is 0 Å². The van der Waals surface area contributed by atoms with Gasteiger partial charge in [-0.25, -0.2) is 9.78 Å². The normalized spacial score (nSPS) is 19.2. The molecule has 0 radical (unpaired) electrons. The van der Waals surface area contributed by atoms with Crippen molar-refractivity contribution in [1.29, 1.82) is 0 Å². The molecule has 1 aliphatic carbocycles. The number of rotatable bonds is 7. The third-order valence-electron chi connectivity index (χ3n) is 8.03. The summed E-state index contributed by atoms with van der Waals surface area (Å²) in [4.78, 5) is 68.7. The molecule has 11 heteroatoms. The van der Waals surface area contributed by atoms with Gasteiger partial charge in [0.25, 0.3) is 5.69 Å². The minimum atomic E-state index is -0.781. The van der Waals surface area contributed by atoms with E-state index in [-0.39, 0.29) is 45.7 Å². The Kier molecular flexibility index (Phi) is 7.52. The van der Waals surface area contributed by atoms with Crippen molar-refractivity contribution >= 4 is 57.4 Å². The third-order valence-corrected chi connectivity index (χ3v) is 8.35. The van der Waals surface area contributed by atoms with Crippen LogP contribution in [0, 0.1) is 27.9 Å². The number of allylic oxidation sites excluding steroid dienone is 2. The number of imide groups is 1. The van der Waals surface area contributed by atoms with Gasteiger partial charge in [-0.15, -0.1) is 0 Å². The highest BCUT2D eigenvalue weighted by atomic mass is 35.5. The molecule has 3 unspecified atom stereocenters. The number of amides is 2. The van der Waals surface area contributed by atoms with E-state index in [1.165, 1.54) is 17.0 Å². The summed E-state index contributed by atoms with van der Waals surface area (Å²) < 4.78 is 5.33. The zero-order valence-electron chi connectivity index (χ0n) is 23.3. The van der Waals surface area contributed by atoms with Crippen molar-refractivity contribution < 1.29 is 28.8 Å². The van der Waals surface area contributed by atoms with Crippen LogP contribution < -0.4 is 4.90 Å². The Morgan fingerprint density at radius 2 is 1.80 bits per heavy atom. The number of hydrogen-bond acceptors (Lipinski definition) is 8. The van der Waals surface area contributed by atoms with E-state index >= 15 is 0 Å². The highest BCUT2D eigenvalue weighted by molar-refractivity contribution is 6.32. The topological polar surface area (TPSA) is 137 Å². The molecule has 0 saturated carbocycles. The molecule has 1 saturated heterocycles. The van der Waals surface area contributed by atoms with E-state index in [9.17, 15) is 29.3 Å². The quantitative estimate of drug-likeness (QED) is 0.0603. The van der Waals surface area contributed by atoms with Gasteiger partial charge in [-0.05, 0) is 48.7 Å². The number of nitro benzene ring substituents is 1. The van der Waals surface area contributed by atoms with Crippen LogP contribution in [0.5, 0.6) is 0 Å². The first-order valence-electron chi connectivity index (χ1n) is 13.8. The summed E-state index contributed by atoms with van der Waals surface area (Å²) in [5.41, 5.74) is 1.76. The van der Waals surface area contributed by atoms with Crippen LogP contribution in [-0.4, -0.2) is 40.1 Å². The molecule has 2 amide bonds. The van der Waals surface area contributed by atoms with Gasteiger partial charge in [-0.1, -0.05) is 61.0 Å². The van der Waals surface area contributed by atoms with E-state index in [4.69, 9.17) is 16.3 Å². The maximum atomic E-state index is 13.2. The third kappa shape index (κ3) is 5.13. The van der Waals surface area contributed by atoms with Crippen LogP contribution in [0.25, 0.3) is 22.2 Å². The van der Waals surface area contributed by atoms with Gasteiger partial charge in [0.1, 0.15) is 5.02 Å².